The van der Waals surface area contributed by atoms with Crippen molar-refractivity contribution in [2.45, 2.75) is 20.3 Å². The van der Waals surface area contributed by atoms with Crippen LogP contribution in [0.5, 0.6) is 5.75 Å². The molecule has 1 aliphatic rings. The summed E-state index contributed by atoms with van der Waals surface area (Å²) in [7, 11) is 1.67. The number of hydrogen-bond acceptors (Lipinski definition) is 4. The molecule has 2 aromatic rings. The molecule has 0 atom stereocenters. The number of rotatable bonds is 5. The lowest BCUT2D eigenvalue weighted by Gasteiger charge is -2.13. The first-order chi connectivity index (χ1) is 13.5. The van der Waals surface area contributed by atoms with Crippen LogP contribution in [0.15, 0.2) is 46.3 Å². The van der Waals surface area contributed by atoms with E-state index in [0.717, 1.165) is 35.7 Å². The van der Waals surface area contributed by atoms with Gasteiger partial charge in [-0.2, -0.15) is 0 Å². The molecule has 0 aromatic heterocycles. The third kappa shape index (κ3) is 4.56. The molecule has 7 heteroatoms. The maximum Gasteiger partial charge on any atom is 0.266 e. The summed E-state index contributed by atoms with van der Waals surface area (Å²) in [6.07, 6.45) is 2.84. The fourth-order valence-corrected chi connectivity index (χ4v) is 6.21. The number of nitrogens with zero attached hydrogens (tertiary/aromatic N) is 2. The molecule has 1 fully saturated rings. The van der Waals surface area contributed by atoms with Gasteiger partial charge in [0.25, 0.3) is 5.91 Å². The van der Waals surface area contributed by atoms with Crippen molar-refractivity contribution in [2.75, 3.05) is 13.7 Å². The zero-order valence-electron chi connectivity index (χ0n) is 15.8. The lowest BCUT2D eigenvalue weighted by molar-refractivity contribution is -0.122. The van der Waals surface area contributed by atoms with E-state index in [-0.39, 0.29) is 5.91 Å². The maximum absolute atomic E-state index is 12.9. The number of carbonyl (C=O) groups is 1. The molecule has 1 aliphatic heterocycles. The van der Waals surface area contributed by atoms with Crippen LogP contribution in [-0.2, 0) is 11.2 Å². The van der Waals surface area contributed by atoms with Crippen molar-refractivity contribution >= 4 is 79.8 Å². The number of benzene rings is 2. The van der Waals surface area contributed by atoms with E-state index >= 15 is 0 Å². The highest BCUT2D eigenvalue weighted by atomic mass is 127. The number of aliphatic imine (C=N–C) groups is 1. The zero-order valence-corrected chi connectivity index (χ0v) is 21.0. The van der Waals surface area contributed by atoms with Crippen LogP contribution >= 0.6 is 56.9 Å². The average Bonchev–Trinajstić information content (AvgIpc) is 2.96. The highest BCUT2D eigenvalue weighted by Gasteiger charge is 2.32. The van der Waals surface area contributed by atoms with Crippen molar-refractivity contribution in [2.24, 2.45) is 4.99 Å². The third-order valence-electron chi connectivity index (χ3n) is 4.32. The Morgan fingerprint density at radius 2 is 1.86 bits per heavy atom. The van der Waals surface area contributed by atoms with E-state index in [1.807, 2.05) is 43.3 Å². The number of hydrogen-bond donors (Lipinski definition) is 0. The number of aryl methyl sites for hydroxylation is 1. The van der Waals surface area contributed by atoms with Crippen LogP contribution in [0.25, 0.3) is 6.08 Å². The van der Waals surface area contributed by atoms with Gasteiger partial charge in [-0.1, -0.05) is 25.1 Å². The minimum atomic E-state index is 0.000985. The number of amides is 1. The summed E-state index contributed by atoms with van der Waals surface area (Å²) in [5.41, 5.74) is 3.08. The molecule has 3 rings (SSSR count). The number of ether oxygens (including phenoxy) is 1. The van der Waals surface area contributed by atoms with E-state index in [1.165, 1.54) is 17.3 Å². The van der Waals surface area contributed by atoms with Gasteiger partial charge in [-0.05, 0) is 106 Å². The summed E-state index contributed by atoms with van der Waals surface area (Å²) in [5, 5.41) is 0.734. The van der Waals surface area contributed by atoms with Crippen LogP contribution in [0.2, 0.25) is 0 Å². The number of thioether (sulfide) groups is 1. The molecule has 0 aliphatic carbocycles. The second kappa shape index (κ2) is 9.62. The normalized spacial score (nSPS) is 17.0. The van der Waals surface area contributed by atoms with Crippen LogP contribution in [0.1, 0.15) is 25.0 Å². The molecular weight excluding hydrogens is 598 g/mol. The Hall–Kier alpha value is -1.07. The Bertz CT molecular complexity index is 950. The van der Waals surface area contributed by atoms with E-state index in [4.69, 9.17) is 9.73 Å². The van der Waals surface area contributed by atoms with E-state index in [9.17, 15) is 4.79 Å². The molecule has 0 spiro atoms. The number of halogens is 2. The van der Waals surface area contributed by atoms with E-state index in [0.29, 0.717) is 11.4 Å². The minimum Gasteiger partial charge on any atom is -0.495 e. The SMILES string of the molecule is CCc1ccccc1N=C1S/C(=C/c2cc(I)c(OC)c(I)c2)C(=O)N1CC. The maximum atomic E-state index is 12.9. The largest absolute Gasteiger partial charge is 0.495 e. The number of para-hydroxylation sites is 1. The van der Waals surface area contributed by atoms with Gasteiger partial charge < -0.3 is 4.74 Å². The molecule has 0 radical (unpaired) electrons. The second-order valence-corrected chi connectivity index (χ2v) is 9.39. The first-order valence-corrected chi connectivity index (χ1v) is 11.9. The van der Waals surface area contributed by atoms with Crippen LogP contribution in [0.4, 0.5) is 5.69 Å². The van der Waals surface area contributed by atoms with Gasteiger partial charge in [0.15, 0.2) is 5.17 Å². The Morgan fingerprint density at radius 1 is 1.18 bits per heavy atom. The Labute approximate surface area is 197 Å². The van der Waals surface area contributed by atoms with E-state index < -0.39 is 0 Å². The molecule has 146 valence electrons. The molecule has 0 saturated carbocycles. The summed E-state index contributed by atoms with van der Waals surface area (Å²) >= 11 is 5.95. The molecule has 0 bridgehead atoms. The summed E-state index contributed by atoms with van der Waals surface area (Å²) < 4.78 is 7.47. The fourth-order valence-electron chi connectivity index (χ4n) is 2.90. The summed E-state index contributed by atoms with van der Waals surface area (Å²) in [6.45, 7) is 4.68. The first-order valence-electron chi connectivity index (χ1n) is 8.89. The van der Waals surface area contributed by atoms with E-state index in [1.54, 1.807) is 12.0 Å². The topological polar surface area (TPSA) is 41.9 Å². The summed E-state index contributed by atoms with van der Waals surface area (Å²) in [6, 6.07) is 12.1. The van der Waals surface area contributed by atoms with Gasteiger partial charge in [0.1, 0.15) is 5.75 Å². The van der Waals surface area contributed by atoms with Crippen LogP contribution in [0, 0.1) is 7.14 Å². The van der Waals surface area contributed by atoms with Gasteiger partial charge in [-0.15, -0.1) is 0 Å². The minimum absolute atomic E-state index is 0.000985. The summed E-state index contributed by atoms with van der Waals surface area (Å²) in [5.74, 6) is 0.864. The first kappa shape index (κ1) is 21.6. The molecule has 0 unspecified atom stereocenters. The fraction of sp³-hybridized carbons (Fsp3) is 0.238. The predicted octanol–water partition coefficient (Wildman–Crippen LogP) is 6.09. The van der Waals surface area contributed by atoms with Crippen molar-refractivity contribution in [1.82, 2.24) is 4.90 Å². The van der Waals surface area contributed by atoms with Gasteiger partial charge in [0, 0.05) is 6.54 Å². The average molecular weight is 618 g/mol. The monoisotopic (exact) mass is 618 g/mol. The highest BCUT2D eigenvalue weighted by Crippen LogP contribution is 2.36. The molecule has 0 N–H and O–H groups in total. The third-order valence-corrected chi connectivity index (χ3v) is 6.92. The number of methoxy groups -OCH3 is 1. The van der Waals surface area contributed by atoms with Gasteiger partial charge in [0.2, 0.25) is 0 Å². The van der Waals surface area contributed by atoms with Gasteiger partial charge in [-0.3, -0.25) is 9.69 Å². The van der Waals surface area contributed by atoms with Crippen molar-refractivity contribution in [3.63, 3.8) is 0 Å². The van der Waals surface area contributed by atoms with Gasteiger partial charge in [0.05, 0.1) is 24.8 Å². The molecule has 1 saturated heterocycles. The Kier molecular flexibility index (Phi) is 7.43. The predicted molar refractivity (Wildman–Crippen MR) is 134 cm³/mol. The quantitative estimate of drug-likeness (QED) is 0.301. The van der Waals surface area contributed by atoms with Crippen LogP contribution in [0.3, 0.4) is 0 Å². The Morgan fingerprint density at radius 3 is 2.46 bits per heavy atom. The number of amidine groups is 1. The molecule has 1 heterocycles. The van der Waals surface area contributed by atoms with Crippen molar-refractivity contribution < 1.29 is 9.53 Å². The van der Waals surface area contributed by atoms with Crippen LogP contribution < -0.4 is 4.74 Å². The van der Waals surface area contributed by atoms with Crippen molar-refractivity contribution in [3.05, 3.63) is 59.6 Å². The second-order valence-electron chi connectivity index (χ2n) is 6.05. The zero-order chi connectivity index (χ0) is 20.3. The standard InChI is InChI=1S/C21H20I2N2O2S/c1-4-14-8-6-7-9-17(14)24-21-25(5-2)20(26)18(28-21)12-13-10-15(22)19(27-3)16(23)11-13/h6-12H,4-5H2,1-3H3/b18-12+,24-21?. The van der Waals surface area contributed by atoms with Crippen LogP contribution in [-0.4, -0.2) is 29.6 Å². The molecular formula is C21H20I2N2O2S. The number of likely N-dealkylation sites (N-methyl/N-ethyl adjacent to an activating group) is 1. The van der Waals surface area contributed by atoms with Crippen molar-refractivity contribution in [1.29, 1.82) is 0 Å². The lowest BCUT2D eigenvalue weighted by atomic mass is 10.1. The Balaban J connectivity index is 1.98. The van der Waals surface area contributed by atoms with Crippen molar-refractivity contribution in [3.8, 4) is 5.75 Å². The molecule has 1 amide bonds. The summed E-state index contributed by atoms with van der Waals surface area (Å²) in [4.78, 5) is 20.1. The highest BCUT2D eigenvalue weighted by molar-refractivity contribution is 14.1. The number of carbonyl (C=O) groups excluding carboxylic acids is 1. The molecule has 28 heavy (non-hydrogen) atoms. The lowest BCUT2D eigenvalue weighted by Crippen LogP contribution is -2.28. The smallest absolute Gasteiger partial charge is 0.266 e. The van der Waals surface area contributed by atoms with Gasteiger partial charge >= 0.3 is 0 Å². The van der Waals surface area contributed by atoms with Gasteiger partial charge in [-0.25, -0.2) is 4.99 Å². The molecule has 4 nitrogen and oxygen atoms in total. The molecule has 2 aromatic carbocycles. The van der Waals surface area contributed by atoms with E-state index in [2.05, 4.69) is 58.2 Å².